The van der Waals surface area contributed by atoms with Gasteiger partial charge in [0.2, 0.25) is 0 Å². The lowest BCUT2D eigenvalue weighted by atomic mass is 9.93. The monoisotopic (exact) mass is 495 g/mol. The number of likely N-dealkylation sites (tertiary alicyclic amines) is 1. The lowest BCUT2D eigenvalue weighted by Gasteiger charge is -2.37. The minimum atomic E-state index is -0.240. The van der Waals surface area contributed by atoms with Gasteiger partial charge >= 0.3 is 0 Å². The number of rotatable bonds is 8. The molecule has 3 aliphatic rings. The van der Waals surface area contributed by atoms with Gasteiger partial charge in [-0.3, -0.25) is 24.8 Å². The maximum absolute atomic E-state index is 13.9. The fourth-order valence-corrected chi connectivity index (χ4v) is 5.32. The van der Waals surface area contributed by atoms with Crippen molar-refractivity contribution in [1.29, 1.82) is 0 Å². The molecule has 0 aliphatic carbocycles. The first kappa shape index (κ1) is 24.9. The Bertz CT molecular complexity index is 1280. The molecule has 0 bridgehead atoms. The molecule has 1 aromatic heterocycles. The molecule has 5 rings (SSSR count). The van der Waals surface area contributed by atoms with Crippen LogP contribution in [0.2, 0.25) is 0 Å². The van der Waals surface area contributed by atoms with Crippen molar-refractivity contribution in [2.45, 2.75) is 70.1 Å². The standard InChI is InChI=1S/C30H33N5O2/c1-20-9-10-22(16-29-31-11-12-32-29)26(14-20)30(37)35-13-4-3-6-25(35)17-24-15-23(18-33-24)28-8-5-7-27(34-28)21(2)19-36/h5,7-12,14-15,18-19,21,24-25,29H,3-4,6,13,16-17H2,1-2H3/t21?,24?,25-/m0/s1. The first-order valence-electron chi connectivity index (χ1n) is 13.1. The minimum absolute atomic E-state index is 0.00138. The molecule has 0 N–H and O–H groups in total. The Labute approximate surface area is 218 Å². The number of nitrogens with zero attached hydrogens (tertiary/aromatic N) is 5. The SMILES string of the molecule is Cc1ccc(CC2N=CC=N2)c(C(=O)N2CCCC[C@H]2CC2C=C(c3cccc(C(C)C=O)n3)C=N2)c1. The van der Waals surface area contributed by atoms with E-state index in [0.29, 0.717) is 6.42 Å². The van der Waals surface area contributed by atoms with Crippen molar-refractivity contribution in [3.63, 3.8) is 0 Å². The molecular weight excluding hydrogens is 462 g/mol. The van der Waals surface area contributed by atoms with Crippen LogP contribution in [-0.2, 0) is 11.2 Å². The highest BCUT2D eigenvalue weighted by atomic mass is 16.2. The van der Waals surface area contributed by atoms with Gasteiger partial charge < -0.3 is 9.69 Å². The van der Waals surface area contributed by atoms with Crippen LogP contribution >= 0.6 is 0 Å². The zero-order valence-corrected chi connectivity index (χ0v) is 21.5. The molecule has 190 valence electrons. The van der Waals surface area contributed by atoms with Gasteiger partial charge in [0.25, 0.3) is 5.91 Å². The van der Waals surface area contributed by atoms with Crippen LogP contribution in [0.3, 0.4) is 0 Å². The van der Waals surface area contributed by atoms with Crippen LogP contribution in [0.5, 0.6) is 0 Å². The summed E-state index contributed by atoms with van der Waals surface area (Å²) in [6.07, 6.45) is 12.7. The van der Waals surface area contributed by atoms with E-state index in [1.807, 2.05) is 50.4 Å². The second-order valence-electron chi connectivity index (χ2n) is 10.2. The number of aromatic nitrogens is 1. The quantitative estimate of drug-likeness (QED) is 0.500. The Balaban J connectivity index is 1.33. The van der Waals surface area contributed by atoms with Crippen LogP contribution in [0.4, 0.5) is 0 Å². The van der Waals surface area contributed by atoms with E-state index < -0.39 is 0 Å². The Hall–Kier alpha value is -3.74. The van der Waals surface area contributed by atoms with Gasteiger partial charge in [-0.25, -0.2) is 0 Å². The lowest BCUT2D eigenvalue weighted by Crippen LogP contribution is -2.45. The number of hydrogen-bond acceptors (Lipinski definition) is 6. The number of aryl methyl sites for hydroxylation is 1. The summed E-state index contributed by atoms with van der Waals surface area (Å²) >= 11 is 0. The molecule has 7 nitrogen and oxygen atoms in total. The van der Waals surface area contributed by atoms with E-state index in [1.54, 1.807) is 12.4 Å². The highest BCUT2D eigenvalue weighted by Gasteiger charge is 2.31. The van der Waals surface area contributed by atoms with Gasteiger partial charge in [-0.15, -0.1) is 0 Å². The summed E-state index contributed by atoms with van der Waals surface area (Å²) in [7, 11) is 0. The van der Waals surface area contributed by atoms with E-state index in [1.165, 1.54) is 0 Å². The third-order valence-electron chi connectivity index (χ3n) is 7.40. The third-order valence-corrected chi connectivity index (χ3v) is 7.40. The first-order valence-corrected chi connectivity index (χ1v) is 13.1. The number of carbonyl (C=O) groups excluding carboxylic acids is 2. The summed E-state index contributed by atoms with van der Waals surface area (Å²) in [4.78, 5) is 45.4. The molecule has 1 saturated heterocycles. The van der Waals surface area contributed by atoms with Gasteiger partial charge in [0, 0.05) is 48.8 Å². The molecule has 0 spiro atoms. The minimum Gasteiger partial charge on any atom is -0.336 e. The second kappa shape index (κ2) is 11.1. The molecule has 3 aliphatic heterocycles. The van der Waals surface area contributed by atoms with Crippen molar-refractivity contribution < 1.29 is 9.59 Å². The zero-order chi connectivity index (χ0) is 25.8. The van der Waals surface area contributed by atoms with E-state index in [-0.39, 0.29) is 30.1 Å². The number of benzene rings is 1. The Morgan fingerprint density at radius 1 is 1.14 bits per heavy atom. The molecule has 4 heterocycles. The molecule has 3 atom stereocenters. The number of allylic oxidation sites excluding steroid dienone is 1. The van der Waals surface area contributed by atoms with Crippen LogP contribution in [0.25, 0.3) is 5.57 Å². The van der Waals surface area contributed by atoms with Crippen LogP contribution in [0.1, 0.15) is 71.4 Å². The molecule has 1 fully saturated rings. The fraction of sp³-hybridized carbons (Fsp3) is 0.400. The van der Waals surface area contributed by atoms with Gasteiger partial charge in [0.1, 0.15) is 12.5 Å². The van der Waals surface area contributed by atoms with Gasteiger partial charge in [-0.05, 0) is 62.4 Å². The number of aldehydes is 1. The molecule has 2 aromatic rings. The van der Waals surface area contributed by atoms with Gasteiger partial charge in [-0.1, -0.05) is 30.7 Å². The second-order valence-corrected chi connectivity index (χ2v) is 10.2. The maximum Gasteiger partial charge on any atom is 0.254 e. The highest BCUT2D eigenvalue weighted by Crippen LogP contribution is 2.29. The third kappa shape index (κ3) is 5.66. The summed E-state index contributed by atoms with van der Waals surface area (Å²) in [5.41, 5.74) is 5.40. The lowest BCUT2D eigenvalue weighted by molar-refractivity contribution is -0.108. The molecule has 7 heteroatoms. The predicted octanol–water partition coefficient (Wildman–Crippen LogP) is 4.64. The van der Waals surface area contributed by atoms with Crippen molar-refractivity contribution in [3.05, 3.63) is 70.6 Å². The Morgan fingerprint density at radius 3 is 2.78 bits per heavy atom. The number of hydrogen-bond donors (Lipinski definition) is 0. The van der Waals surface area contributed by atoms with Crippen molar-refractivity contribution in [2.24, 2.45) is 15.0 Å². The normalized spacial score (nSPS) is 21.9. The molecule has 0 radical (unpaired) electrons. The van der Waals surface area contributed by atoms with Gasteiger partial charge in [0.15, 0.2) is 0 Å². The van der Waals surface area contributed by atoms with E-state index >= 15 is 0 Å². The number of amides is 1. The van der Waals surface area contributed by atoms with Crippen molar-refractivity contribution in [1.82, 2.24) is 9.88 Å². The van der Waals surface area contributed by atoms with Crippen LogP contribution < -0.4 is 0 Å². The van der Waals surface area contributed by atoms with Crippen molar-refractivity contribution in [2.75, 3.05) is 6.54 Å². The summed E-state index contributed by atoms with van der Waals surface area (Å²) in [6, 6.07) is 12.0. The maximum atomic E-state index is 13.9. The summed E-state index contributed by atoms with van der Waals surface area (Å²) in [6.45, 7) is 4.64. The first-order chi connectivity index (χ1) is 18.0. The number of aliphatic imine (C=N–C) groups is 3. The zero-order valence-electron chi connectivity index (χ0n) is 21.5. The molecule has 1 amide bonds. The summed E-state index contributed by atoms with van der Waals surface area (Å²) in [5, 5.41) is 0. The number of piperidine rings is 1. The Kier molecular flexibility index (Phi) is 7.49. The summed E-state index contributed by atoms with van der Waals surface area (Å²) < 4.78 is 0. The van der Waals surface area contributed by atoms with E-state index in [0.717, 1.165) is 72.2 Å². The predicted molar refractivity (Wildman–Crippen MR) is 148 cm³/mol. The smallest absolute Gasteiger partial charge is 0.254 e. The average molecular weight is 496 g/mol. The average Bonchev–Trinajstić information content (AvgIpc) is 3.62. The van der Waals surface area contributed by atoms with Crippen LogP contribution in [0.15, 0.2) is 57.5 Å². The van der Waals surface area contributed by atoms with Crippen molar-refractivity contribution >= 4 is 36.4 Å². The largest absolute Gasteiger partial charge is 0.336 e. The van der Waals surface area contributed by atoms with Crippen molar-refractivity contribution in [3.8, 4) is 0 Å². The molecule has 0 saturated carbocycles. The van der Waals surface area contributed by atoms with E-state index in [4.69, 9.17) is 4.99 Å². The fourth-order valence-electron chi connectivity index (χ4n) is 5.32. The topological polar surface area (TPSA) is 87.4 Å². The van der Waals surface area contributed by atoms with Crippen LogP contribution in [0, 0.1) is 6.92 Å². The molecule has 2 unspecified atom stereocenters. The highest BCUT2D eigenvalue weighted by molar-refractivity contribution is 6.17. The van der Waals surface area contributed by atoms with E-state index in [2.05, 4.69) is 32.0 Å². The van der Waals surface area contributed by atoms with Crippen LogP contribution in [-0.4, -0.2) is 65.5 Å². The molecule has 1 aromatic carbocycles. The van der Waals surface area contributed by atoms with Gasteiger partial charge in [0.05, 0.1) is 23.3 Å². The molecular formula is C30H33N5O2. The number of carbonyl (C=O) groups is 2. The Morgan fingerprint density at radius 2 is 1.97 bits per heavy atom. The molecule has 37 heavy (non-hydrogen) atoms. The number of pyridine rings is 1. The van der Waals surface area contributed by atoms with Gasteiger partial charge in [-0.2, -0.15) is 0 Å². The van der Waals surface area contributed by atoms with E-state index in [9.17, 15) is 9.59 Å². The summed E-state index contributed by atoms with van der Waals surface area (Å²) in [5.74, 6) is -0.145.